The normalized spacial score (nSPS) is 12.7. The summed E-state index contributed by atoms with van der Waals surface area (Å²) in [6.45, 7) is 1.96. The van der Waals surface area contributed by atoms with E-state index in [-0.39, 0.29) is 10.8 Å². The minimum atomic E-state index is -0.129. The molecule has 1 N–H and O–H groups in total. The fraction of sp³-hybridized carbons (Fsp3) is 0.118. The quantitative estimate of drug-likeness (QED) is 0.579. The van der Waals surface area contributed by atoms with Gasteiger partial charge in [0.1, 0.15) is 11.3 Å². The number of para-hydroxylation sites is 3. The van der Waals surface area contributed by atoms with E-state index in [2.05, 4.69) is 15.0 Å². The lowest BCUT2D eigenvalue weighted by atomic mass is 10.2. The number of benzene rings is 2. The van der Waals surface area contributed by atoms with Gasteiger partial charge in [0.25, 0.3) is 10.8 Å². The SMILES string of the molecule is CC(Sc1nc2ccccc2o1)c1nc2ccccc2c(=O)[nH]1. The first-order valence-corrected chi connectivity index (χ1v) is 8.10. The van der Waals surface area contributed by atoms with Crippen LogP contribution in [0.25, 0.3) is 22.0 Å². The Morgan fingerprint density at radius 3 is 2.61 bits per heavy atom. The number of thioether (sulfide) groups is 1. The topological polar surface area (TPSA) is 71.8 Å². The second-order valence-corrected chi connectivity index (χ2v) is 6.47. The van der Waals surface area contributed by atoms with Crippen LogP contribution in [0.5, 0.6) is 0 Å². The van der Waals surface area contributed by atoms with Crippen LogP contribution in [0, 0.1) is 0 Å². The van der Waals surface area contributed by atoms with Gasteiger partial charge in [0.15, 0.2) is 5.58 Å². The molecule has 23 heavy (non-hydrogen) atoms. The van der Waals surface area contributed by atoms with Gasteiger partial charge in [-0.1, -0.05) is 36.0 Å². The lowest BCUT2D eigenvalue weighted by Gasteiger charge is -2.08. The molecule has 4 rings (SSSR count). The third kappa shape index (κ3) is 2.61. The van der Waals surface area contributed by atoms with Gasteiger partial charge in [0, 0.05) is 0 Å². The van der Waals surface area contributed by atoms with E-state index in [1.807, 2.05) is 49.4 Å². The third-order valence-corrected chi connectivity index (χ3v) is 4.52. The highest BCUT2D eigenvalue weighted by Gasteiger charge is 2.16. The van der Waals surface area contributed by atoms with Crippen LogP contribution in [-0.4, -0.2) is 15.0 Å². The fourth-order valence-corrected chi connectivity index (χ4v) is 3.22. The van der Waals surface area contributed by atoms with Gasteiger partial charge >= 0.3 is 0 Å². The van der Waals surface area contributed by atoms with Crippen molar-refractivity contribution in [1.29, 1.82) is 0 Å². The van der Waals surface area contributed by atoms with Crippen LogP contribution < -0.4 is 5.56 Å². The van der Waals surface area contributed by atoms with Crippen molar-refractivity contribution in [1.82, 2.24) is 15.0 Å². The minimum Gasteiger partial charge on any atom is -0.431 e. The van der Waals surface area contributed by atoms with Crippen LogP contribution in [0.2, 0.25) is 0 Å². The number of hydrogen-bond donors (Lipinski definition) is 1. The molecule has 0 amide bonds. The van der Waals surface area contributed by atoms with Gasteiger partial charge in [-0.3, -0.25) is 4.79 Å². The van der Waals surface area contributed by atoms with Crippen molar-refractivity contribution in [2.24, 2.45) is 0 Å². The molecule has 5 nitrogen and oxygen atoms in total. The van der Waals surface area contributed by atoms with Gasteiger partial charge in [0.05, 0.1) is 16.2 Å². The highest BCUT2D eigenvalue weighted by atomic mass is 32.2. The van der Waals surface area contributed by atoms with Crippen molar-refractivity contribution < 1.29 is 4.42 Å². The van der Waals surface area contributed by atoms with E-state index in [0.29, 0.717) is 22.0 Å². The molecule has 0 spiro atoms. The Balaban J connectivity index is 1.68. The Labute approximate surface area is 135 Å². The zero-order valence-corrected chi connectivity index (χ0v) is 13.1. The molecular formula is C17H13N3O2S. The monoisotopic (exact) mass is 323 g/mol. The molecule has 2 heterocycles. The van der Waals surface area contributed by atoms with Gasteiger partial charge in [-0.05, 0) is 31.2 Å². The molecular weight excluding hydrogens is 310 g/mol. The Morgan fingerprint density at radius 2 is 1.78 bits per heavy atom. The summed E-state index contributed by atoms with van der Waals surface area (Å²) in [4.78, 5) is 24.0. The Kier molecular flexibility index (Phi) is 3.38. The maximum atomic E-state index is 12.2. The van der Waals surface area contributed by atoms with E-state index in [0.717, 1.165) is 11.1 Å². The lowest BCUT2D eigenvalue weighted by molar-refractivity contribution is 0.488. The van der Waals surface area contributed by atoms with Gasteiger partial charge in [-0.25, -0.2) is 9.97 Å². The van der Waals surface area contributed by atoms with E-state index in [4.69, 9.17) is 4.42 Å². The zero-order chi connectivity index (χ0) is 15.8. The molecule has 0 radical (unpaired) electrons. The number of aromatic amines is 1. The molecule has 0 saturated carbocycles. The van der Waals surface area contributed by atoms with Crippen LogP contribution >= 0.6 is 11.8 Å². The second kappa shape index (κ2) is 5.55. The van der Waals surface area contributed by atoms with E-state index in [1.165, 1.54) is 11.8 Å². The number of fused-ring (bicyclic) bond motifs is 2. The van der Waals surface area contributed by atoms with Crippen molar-refractivity contribution in [2.45, 2.75) is 17.4 Å². The molecule has 0 bridgehead atoms. The lowest BCUT2D eigenvalue weighted by Crippen LogP contribution is -2.12. The summed E-state index contributed by atoms with van der Waals surface area (Å²) in [6.07, 6.45) is 0. The standard InChI is InChI=1S/C17H13N3O2S/c1-10(23-17-19-13-8-4-5-9-14(13)22-17)15-18-12-7-3-2-6-11(12)16(21)20-15/h2-10H,1H3,(H,18,20,21). The predicted molar refractivity (Wildman–Crippen MR) is 90.6 cm³/mol. The number of oxazole rings is 1. The molecule has 2 aromatic carbocycles. The number of rotatable bonds is 3. The first kappa shape index (κ1) is 14.0. The molecule has 0 aliphatic carbocycles. The van der Waals surface area contributed by atoms with Crippen molar-refractivity contribution in [2.75, 3.05) is 0 Å². The highest BCUT2D eigenvalue weighted by molar-refractivity contribution is 7.99. The summed E-state index contributed by atoms with van der Waals surface area (Å²) < 4.78 is 5.71. The summed E-state index contributed by atoms with van der Waals surface area (Å²) in [7, 11) is 0. The molecule has 1 atom stereocenters. The molecule has 1 unspecified atom stereocenters. The molecule has 0 fully saturated rings. The fourth-order valence-electron chi connectivity index (χ4n) is 2.41. The van der Waals surface area contributed by atoms with Gasteiger partial charge < -0.3 is 9.40 Å². The van der Waals surface area contributed by atoms with Gasteiger partial charge in [0.2, 0.25) is 0 Å². The van der Waals surface area contributed by atoms with E-state index >= 15 is 0 Å². The van der Waals surface area contributed by atoms with Crippen molar-refractivity contribution in [3.8, 4) is 0 Å². The number of nitrogens with one attached hydrogen (secondary N) is 1. The average molecular weight is 323 g/mol. The summed E-state index contributed by atoms with van der Waals surface area (Å²) in [5.41, 5.74) is 2.14. The number of aromatic nitrogens is 3. The first-order chi connectivity index (χ1) is 11.2. The molecule has 0 saturated heterocycles. The maximum absolute atomic E-state index is 12.2. The molecule has 0 aliphatic rings. The Morgan fingerprint density at radius 1 is 1.04 bits per heavy atom. The largest absolute Gasteiger partial charge is 0.431 e. The Bertz CT molecular complexity index is 1020. The van der Waals surface area contributed by atoms with E-state index in [9.17, 15) is 4.79 Å². The van der Waals surface area contributed by atoms with E-state index in [1.54, 1.807) is 6.07 Å². The van der Waals surface area contributed by atoms with Crippen molar-refractivity contribution in [3.63, 3.8) is 0 Å². The predicted octanol–water partition coefficient (Wildman–Crippen LogP) is 3.92. The smallest absolute Gasteiger partial charge is 0.258 e. The van der Waals surface area contributed by atoms with Crippen LogP contribution in [0.4, 0.5) is 0 Å². The first-order valence-electron chi connectivity index (χ1n) is 7.22. The van der Waals surface area contributed by atoms with Crippen LogP contribution in [-0.2, 0) is 0 Å². The summed E-state index contributed by atoms with van der Waals surface area (Å²) in [6, 6.07) is 14.9. The molecule has 2 aromatic heterocycles. The number of H-pyrrole nitrogens is 1. The van der Waals surface area contributed by atoms with Gasteiger partial charge in [-0.15, -0.1) is 0 Å². The molecule has 0 aliphatic heterocycles. The summed E-state index contributed by atoms with van der Waals surface area (Å²) in [5, 5.41) is 1.07. The second-order valence-electron chi connectivity index (χ2n) is 5.18. The number of nitrogens with zero attached hydrogens (tertiary/aromatic N) is 2. The highest BCUT2D eigenvalue weighted by Crippen LogP contribution is 2.34. The van der Waals surface area contributed by atoms with Crippen LogP contribution in [0.3, 0.4) is 0 Å². The van der Waals surface area contributed by atoms with Crippen molar-refractivity contribution in [3.05, 3.63) is 64.7 Å². The van der Waals surface area contributed by atoms with Crippen LogP contribution in [0.1, 0.15) is 18.0 Å². The summed E-state index contributed by atoms with van der Waals surface area (Å²) in [5.74, 6) is 0.612. The summed E-state index contributed by atoms with van der Waals surface area (Å²) >= 11 is 1.43. The van der Waals surface area contributed by atoms with Gasteiger partial charge in [-0.2, -0.15) is 0 Å². The minimum absolute atomic E-state index is 0.0830. The average Bonchev–Trinajstić information content (AvgIpc) is 2.97. The number of hydrogen-bond acceptors (Lipinski definition) is 5. The molecule has 114 valence electrons. The van der Waals surface area contributed by atoms with Crippen molar-refractivity contribution >= 4 is 33.8 Å². The zero-order valence-electron chi connectivity index (χ0n) is 12.3. The molecule has 4 aromatic rings. The third-order valence-electron chi connectivity index (χ3n) is 3.57. The Hall–Kier alpha value is -2.60. The van der Waals surface area contributed by atoms with E-state index < -0.39 is 0 Å². The molecule has 6 heteroatoms. The van der Waals surface area contributed by atoms with Crippen LogP contribution in [0.15, 0.2) is 63.0 Å². The maximum Gasteiger partial charge on any atom is 0.258 e.